The van der Waals surface area contributed by atoms with Gasteiger partial charge in [0.1, 0.15) is 0 Å². The monoisotopic (exact) mass is 398 g/mol. The summed E-state index contributed by atoms with van der Waals surface area (Å²) in [4.78, 5) is 12.6. The Morgan fingerprint density at radius 3 is 2.74 bits per heavy atom. The molecule has 1 N–H and O–H groups in total. The van der Waals surface area contributed by atoms with Crippen LogP contribution in [-0.2, 0) is 12.8 Å². The molecule has 3 aromatic rings. The van der Waals surface area contributed by atoms with E-state index in [4.69, 9.17) is 23.2 Å². The Kier molecular flexibility index (Phi) is 4.97. The summed E-state index contributed by atoms with van der Waals surface area (Å²) in [5, 5.41) is 9.38. The molecule has 2 aromatic carbocycles. The van der Waals surface area contributed by atoms with Gasteiger partial charge in [-0.15, -0.1) is 0 Å². The first-order valence-corrected chi connectivity index (χ1v) is 9.34. The van der Waals surface area contributed by atoms with Crippen molar-refractivity contribution in [3.05, 3.63) is 81.1 Å². The fraction of sp³-hybridized carbons (Fsp3) is 0.150. The summed E-state index contributed by atoms with van der Waals surface area (Å²) in [5.41, 5.74) is 6.62. The molecule has 136 valence electrons. The molecule has 5 nitrogen and oxygen atoms in total. The van der Waals surface area contributed by atoms with Crippen molar-refractivity contribution in [1.29, 1.82) is 0 Å². The second-order valence-electron chi connectivity index (χ2n) is 6.22. The molecule has 0 unspecified atom stereocenters. The van der Waals surface area contributed by atoms with Gasteiger partial charge in [-0.2, -0.15) is 10.2 Å². The van der Waals surface area contributed by atoms with E-state index in [9.17, 15) is 4.79 Å². The van der Waals surface area contributed by atoms with Gasteiger partial charge in [0.15, 0.2) is 5.69 Å². The predicted molar refractivity (Wildman–Crippen MR) is 107 cm³/mol. The first-order chi connectivity index (χ1) is 13.1. The highest BCUT2D eigenvalue weighted by atomic mass is 35.5. The number of carbonyl (C=O) groups excluding carboxylic acids is 1. The van der Waals surface area contributed by atoms with Gasteiger partial charge >= 0.3 is 0 Å². The van der Waals surface area contributed by atoms with Crippen LogP contribution in [0.5, 0.6) is 0 Å². The lowest BCUT2D eigenvalue weighted by Gasteiger charge is -2.04. The van der Waals surface area contributed by atoms with Crippen molar-refractivity contribution in [3.63, 3.8) is 0 Å². The van der Waals surface area contributed by atoms with Crippen LogP contribution in [-0.4, -0.2) is 21.9 Å². The maximum Gasteiger partial charge on any atom is 0.292 e. The molecule has 1 aromatic heterocycles. The Balaban J connectivity index is 1.58. The van der Waals surface area contributed by atoms with E-state index in [1.807, 2.05) is 35.0 Å². The number of rotatable bonds is 4. The average molecular weight is 399 g/mol. The number of amides is 1. The quantitative estimate of drug-likeness (QED) is 0.521. The van der Waals surface area contributed by atoms with Crippen molar-refractivity contribution < 1.29 is 4.79 Å². The molecule has 0 fully saturated rings. The number of aromatic nitrogens is 2. The number of nitrogens with zero attached hydrogens (tertiary/aromatic N) is 3. The second-order valence-corrected chi connectivity index (χ2v) is 7.00. The normalized spacial score (nSPS) is 13.1. The fourth-order valence-corrected chi connectivity index (χ4v) is 3.59. The molecule has 0 atom stereocenters. The summed E-state index contributed by atoms with van der Waals surface area (Å²) in [7, 11) is 0. The summed E-state index contributed by atoms with van der Waals surface area (Å²) < 4.78 is 1.86. The number of carbonyl (C=O) groups is 1. The van der Waals surface area contributed by atoms with Gasteiger partial charge < -0.3 is 0 Å². The Bertz CT molecular complexity index is 1030. The Labute approximate surface area is 166 Å². The zero-order valence-electron chi connectivity index (χ0n) is 14.3. The molecule has 1 heterocycles. The molecule has 1 aliphatic rings. The van der Waals surface area contributed by atoms with Gasteiger partial charge in [-0.25, -0.2) is 10.1 Å². The van der Waals surface area contributed by atoms with Gasteiger partial charge in [0.25, 0.3) is 5.91 Å². The van der Waals surface area contributed by atoms with Crippen molar-refractivity contribution in [2.45, 2.75) is 19.3 Å². The minimum Gasteiger partial charge on any atom is -0.265 e. The number of hydrogen-bond donors (Lipinski definition) is 1. The minimum atomic E-state index is -0.336. The van der Waals surface area contributed by atoms with Gasteiger partial charge in [-0.3, -0.25) is 4.79 Å². The highest BCUT2D eigenvalue weighted by Crippen LogP contribution is 2.28. The zero-order valence-corrected chi connectivity index (χ0v) is 15.8. The number of halogens is 2. The molecule has 0 aliphatic heterocycles. The van der Waals surface area contributed by atoms with Crippen LogP contribution >= 0.6 is 23.2 Å². The first-order valence-electron chi connectivity index (χ1n) is 8.59. The fourth-order valence-electron chi connectivity index (χ4n) is 3.24. The van der Waals surface area contributed by atoms with E-state index >= 15 is 0 Å². The van der Waals surface area contributed by atoms with E-state index in [-0.39, 0.29) is 5.91 Å². The summed E-state index contributed by atoms with van der Waals surface area (Å²) in [6, 6.07) is 15.1. The Morgan fingerprint density at radius 2 is 1.93 bits per heavy atom. The highest BCUT2D eigenvalue weighted by molar-refractivity contribution is 6.43. The molecular weight excluding hydrogens is 383 g/mol. The molecule has 0 radical (unpaired) electrons. The molecule has 27 heavy (non-hydrogen) atoms. The lowest BCUT2D eigenvalue weighted by Crippen LogP contribution is -2.20. The van der Waals surface area contributed by atoms with E-state index in [0.29, 0.717) is 21.3 Å². The number of nitrogens with one attached hydrogen (secondary N) is 1. The van der Waals surface area contributed by atoms with Crippen LogP contribution in [0, 0.1) is 0 Å². The van der Waals surface area contributed by atoms with Crippen molar-refractivity contribution in [2.75, 3.05) is 0 Å². The molecule has 1 amide bonds. The maximum absolute atomic E-state index is 12.6. The van der Waals surface area contributed by atoms with E-state index in [0.717, 1.165) is 36.2 Å². The topological polar surface area (TPSA) is 59.3 Å². The van der Waals surface area contributed by atoms with E-state index in [1.165, 1.54) is 6.21 Å². The SMILES string of the molecule is O=C(N/N=C/c1cccc(Cl)c1Cl)c1nn(-c2ccccc2)c2c1CCC2. The van der Waals surface area contributed by atoms with Gasteiger partial charge in [0.05, 0.1) is 21.9 Å². The van der Waals surface area contributed by atoms with Gasteiger partial charge in [-0.1, -0.05) is 53.5 Å². The van der Waals surface area contributed by atoms with Crippen LogP contribution in [0.2, 0.25) is 10.0 Å². The minimum absolute atomic E-state index is 0.336. The van der Waals surface area contributed by atoms with Crippen LogP contribution in [0.15, 0.2) is 53.6 Å². The van der Waals surface area contributed by atoms with Crippen LogP contribution < -0.4 is 5.43 Å². The molecule has 0 saturated carbocycles. The lowest BCUT2D eigenvalue weighted by molar-refractivity contribution is 0.0949. The smallest absolute Gasteiger partial charge is 0.265 e. The average Bonchev–Trinajstić information content (AvgIpc) is 3.28. The maximum atomic E-state index is 12.6. The van der Waals surface area contributed by atoms with E-state index < -0.39 is 0 Å². The number of hydrogen-bond acceptors (Lipinski definition) is 3. The summed E-state index contributed by atoms with van der Waals surface area (Å²) >= 11 is 12.1. The highest BCUT2D eigenvalue weighted by Gasteiger charge is 2.26. The third-order valence-corrected chi connectivity index (χ3v) is 5.33. The van der Waals surface area contributed by atoms with Crippen LogP contribution in [0.3, 0.4) is 0 Å². The molecule has 7 heteroatoms. The molecule has 0 spiro atoms. The molecule has 0 bridgehead atoms. The number of fused-ring (bicyclic) bond motifs is 1. The van der Waals surface area contributed by atoms with Crippen LogP contribution in [0.25, 0.3) is 5.69 Å². The van der Waals surface area contributed by atoms with Crippen molar-refractivity contribution in [3.8, 4) is 5.69 Å². The number of para-hydroxylation sites is 1. The van der Waals surface area contributed by atoms with Crippen LogP contribution in [0.4, 0.5) is 0 Å². The number of benzene rings is 2. The first kappa shape index (κ1) is 17.8. The van der Waals surface area contributed by atoms with Gasteiger partial charge in [0, 0.05) is 16.8 Å². The van der Waals surface area contributed by atoms with E-state index in [1.54, 1.807) is 18.2 Å². The van der Waals surface area contributed by atoms with Gasteiger partial charge in [0.2, 0.25) is 0 Å². The molecule has 4 rings (SSSR count). The zero-order chi connectivity index (χ0) is 18.8. The van der Waals surface area contributed by atoms with Gasteiger partial charge in [-0.05, 0) is 37.5 Å². The lowest BCUT2D eigenvalue weighted by atomic mass is 10.2. The largest absolute Gasteiger partial charge is 0.292 e. The van der Waals surface area contributed by atoms with E-state index in [2.05, 4.69) is 15.6 Å². The standard InChI is InChI=1S/C20H16Cl2N4O/c21-16-10-4-6-13(18(16)22)12-23-24-20(27)19-15-9-5-11-17(15)26(25-19)14-7-2-1-3-8-14/h1-4,6-8,10,12H,5,9,11H2,(H,24,27)/b23-12+. The van der Waals surface area contributed by atoms with Crippen molar-refractivity contribution in [1.82, 2.24) is 15.2 Å². The van der Waals surface area contributed by atoms with Crippen LogP contribution in [0.1, 0.15) is 33.7 Å². The third-order valence-electron chi connectivity index (χ3n) is 4.50. The Hall–Kier alpha value is -2.63. The van der Waals surface area contributed by atoms with Crippen molar-refractivity contribution in [2.24, 2.45) is 5.10 Å². The second kappa shape index (κ2) is 7.55. The third kappa shape index (κ3) is 3.48. The summed E-state index contributed by atoms with van der Waals surface area (Å²) in [6.07, 6.45) is 4.24. The summed E-state index contributed by atoms with van der Waals surface area (Å²) in [6.45, 7) is 0. The molecule has 0 saturated heterocycles. The number of hydrazone groups is 1. The van der Waals surface area contributed by atoms with Crippen molar-refractivity contribution >= 4 is 35.3 Å². The Morgan fingerprint density at radius 1 is 1.11 bits per heavy atom. The molecule has 1 aliphatic carbocycles. The summed E-state index contributed by atoms with van der Waals surface area (Å²) in [5.74, 6) is -0.336. The molecular formula is C20H16Cl2N4O. The predicted octanol–water partition coefficient (Wildman–Crippen LogP) is 4.43.